The number of rotatable bonds is 5. The number of allylic oxidation sites excluding steroid dienone is 1. The summed E-state index contributed by atoms with van der Waals surface area (Å²) < 4.78 is 18.5. The van der Waals surface area contributed by atoms with Gasteiger partial charge in [-0.2, -0.15) is 0 Å². The van der Waals surface area contributed by atoms with E-state index in [-0.39, 0.29) is 23.5 Å². The maximum absolute atomic E-state index is 13.5. The second-order valence-electron chi connectivity index (χ2n) is 3.85. The van der Waals surface area contributed by atoms with Crippen LogP contribution in [0.1, 0.15) is 21.7 Å². The molecule has 0 unspecified atom stereocenters. The molecule has 2 aromatic rings. The van der Waals surface area contributed by atoms with Gasteiger partial charge in [0, 0.05) is 12.0 Å². The maximum atomic E-state index is 13.5. The van der Waals surface area contributed by atoms with Crippen LogP contribution in [0.5, 0.6) is 0 Å². The summed E-state index contributed by atoms with van der Waals surface area (Å²) in [5.74, 6) is -0.560. The first-order valence-electron chi connectivity index (χ1n) is 5.69. The molecule has 4 heteroatoms. The SMILES string of the molecule is O=CCc1c(F)cccc1/C=C/C(=O)c1ccco1. The highest BCUT2D eigenvalue weighted by Crippen LogP contribution is 2.16. The Labute approximate surface area is 109 Å². The van der Waals surface area contributed by atoms with E-state index < -0.39 is 5.82 Å². The van der Waals surface area contributed by atoms with Crippen molar-refractivity contribution in [1.82, 2.24) is 0 Å². The van der Waals surface area contributed by atoms with Gasteiger partial charge in [0.2, 0.25) is 5.78 Å². The fraction of sp³-hybridized carbons (Fsp3) is 0.0667. The number of carbonyl (C=O) groups excluding carboxylic acids is 2. The summed E-state index contributed by atoms with van der Waals surface area (Å²) in [6.07, 6.45) is 4.78. The Morgan fingerprint density at radius 2 is 2.11 bits per heavy atom. The van der Waals surface area contributed by atoms with Gasteiger partial charge in [0.1, 0.15) is 12.1 Å². The van der Waals surface area contributed by atoms with Crippen molar-refractivity contribution in [2.75, 3.05) is 0 Å². The first-order chi connectivity index (χ1) is 9.22. The number of halogens is 1. The topological polar surface area (TPSA) is 47.3 Å². The normalized spacial score (nSPS) is 10.8. The van der Waals surface area contributed by atoms with E-state index in [2.05, 4.69) is 0 Å². The van der Waals surface area contributed by atoms with Gasteiger partial charge in [-0.05, 0) is 29.8 Å². The number of hydrogen-bond donors (Lipinski definition) is 0. The minimum absolute atomic E-state index is 0.0265. The lowest BCUT2D eigenvalue weighted by Gasteiger charge is -2.03. The van der Waals surface area contributed by atoms with E-state index >= 15 is 0 Å². The molecule has 0 atom stereocenters. The Kier molecular flexibility index (Phi) is 4.03. The van der Waals surface area contributed by atoms with E-state index in [0.29, 0.717) is 11.8 Å². The van der Waals surface area contributed by atoms with Crippen LogP contribution in [-0.4, -0.2) is 12.1 Å². The zero-order valence-electron chi connectivity index (χ0n) is 10.0. The van der Waals surface area contributed by atoms with Gasteiger partial charge in [0.15, 0.2) is 5.76 Å². The van der Waals surface area contributed by atoms with Crippen molar-refractivity contribution in [1.29, 1.82) is 0 Å². The average molecular weight is 258 g/mol. The zero-order valence-corrected chi connectivity index (χ0v) is 10.0. The van der Waals surface area contributed by atoms with Gasteiger partial charge in [-0.1, -0.05) is 18.2 Å². The predicted octanol–water partition coefficient (Wildman–Crippen LogP) is 3.06. The number of aldehydes is 1. The second kappa shape index (κ2) is 5.91. The molecule has 0 bridgehead atoms. The number of ketones is 1. The van der Waals surface area contributed by atoms with Crippen molar-refractivity contribution < 1.29 is 18.4 Å². The lowest BCUT2D eigenvalue weighted by Crippen LogP contribution is -1.96. The van der Waals surface area contributed by atoms with Crippen LogP contribution in [0, 0.1) is 5.82 Å². The van der Waals surface area contributed by atoms with Crippen molar-refractivity contribution in [2.24, 2.45) is 0 Å². The number of benzene rings is 1. The predicted molar refractivity (Wildman–Crippen MR) is 68.2 cm³/mol. The molecule has 1 heterocycles. The number of carbonyl (C=O) groups is 2. The highest BCUT2D eigenvalue weighted by Gasteiger charge is 2.07. The van der Waals surface area contributed by atoms with E-state index in [1.807, 2.05) is 0 Å². The Morgan fingerprint density at radius 3 is 2.79 bits per heavy atom. The highest BCUT2D eigenvalue weighted by molar-refractivity contribution is 6.04. The van der Waals surface area contributed by atoms with Gasteiger partial charge in [-0.25, -0.2) is 4.39 Å². The first-order valence-corrected chi connectivity index (χ1v) is 5.69. The van der Waals surface area contributed by atoms with Crippen LogP contribution in [0.25, 0.3) is 6.08 Å². The summed E-state index contributed by atoms with van der Waals surface area (Å²) in [6, 6.07) is 7.62. The van der Waals surface area contributed by atoms with Gasteiger partial charge in [0.05, 0.1) is 6.26 Å². The fourth-order valence-electron chi connectivity index (χ4n) is 1.70. The summed E-state index contributed by atoms with van der Waals surface area (Å²) >= 11 is 0. The molecule has 0 amide bonds. The van der Waals surface area contributed by atoms with Crippen LogP contribution < -0.4 is 0 Å². The summed E-state index contributed by atoms with van der Waals surface area (Å²) in [6.45, 7) is 0. The highest BCUT2D eigenvalue weighted by atomic mass is 19.1. The molecule has 0 spiro atoms. The van der Waals surface area contributed by atoms with Crippen molar-refractivity contribution in [3.05, 3.63) is 65.4 Å². The van der Waals surface area contributed by atoms with Crippen LogP contribution in [0.2, 0.25) is 0 Å². The third-order valence-corrected chi connectivity index (χ3v) is 2.62. The van der Waals surface area contributed by atoms with Crippen molar-refractivity contribution in [3.8, 4) is 0 Å². The van der Waals surface area contributed by atoms with Crippen molar-refractivity contribution >= 4 is 18.1 Å². The van der Waals surface area contributed by atoms with E-state index in [9.17, 15) is 14.0 Å². The smallest absolute Gasteiger partial charge is 0.221 e. The molecule has 1 aromatic carbocycles. The molecule has 0 aliphatic rings. The van der Waals surface area contributed by atoms with Crippen LogP contribution in [0.15, 0.2) is 47.1 Å². The monoisotopic (exact) mass is 258 g/mol. The van der Waals surface area contributed by atoms with E-state index in [0.717, 1.165) is 0 Å². The summed E-state index contributed by atoms with van der Waals surface area (Å²) in [4.78, 5) is 22.2. The molecule has 0 N–H and O–H groups in total. The average Bonchev–Trinajstić information content (AvgIpc) is 2.93. The molecule has 96 valence electrons. The zero-order chi connectivity index (χ0) is 13.7. The third-order valence-electron chi connectivity index (χ3n) is 2.62. The Bertz CT molecular complexity index is 612. The largest absolute Gasteiger partial charge is 0.461 e. The van der Waals surface area contributed by atoms with E-state index in [1.165, 1.54) is 30.5 Å². The van der Waals surface area contributed by atoms with Crippen LogP contribution in [0.3, 0.4) is 0 Å². The van der Waals surface area contributed by atoms with Gasteiger partial charge in [-0.15, -0.1) is 0 Å². The molecular weight excluding hydrogens is 247 g/mol. The minimum atomic E-state index is -0.459. The molecule has 0 saturated carbocycles. The standard InChI is InChI=1S/C15H11FO3/c16-13-4-1-3-11(12(13)8-9-17)6-7-14(18)15-5-2-10-19-15/h1-7,9-10H,8H2/b7-6+. The van der Waals surface area contributed by atoms with Crippen LogP contribution in [0.4, 0.5) is 4.39 Å². The molecule has 0 fully saturated rings. The Balaban J connectivity index is 2.26. The van der Waals surface area contributed by atoms with E-state index in [4.69, 9.17) is 4.42 Å². The molecule has 0 radical (unpaired) electrons. The Morgan fingerprint density at radius 1 is 1.26 bits per heavy atom. The van der Waals surface area contributed by atoms with Gasteiger partial charge >= 0.3 is 0 Å². The van der Waals surface area contributed by atoms with Crippen molar-refractivity contribution in [2.45, 2.75) is 6.42 Å². The molecule has 0 saturated heterocycles. The maximum Gasteiger partial charge on any atom is 0.221 e. The summed E-state index contributed by atoms with van der Waals surface area (Å²) in [5, 5.41) is 0. The van der Waals surface area contributed by atoms with Crippen LogP contribution in [-0.2, 0) is 11.2 Å². The first kappa shape index (κ1) is 13.0. The lowest BCUT2D eigenvalue weighted by atomic mass is 10.0. The molecule has 19 heavy (non-hydrogen) atoms. The lowest BCUT2D eigenvalue weighted by molar-refractivity contribution is -0.107. The van der Waals surface area contributed by atoms with Gasteiger partial charge in [-0.3, -0.25) is 4.79 Å². The molecular formula is C15H11FO3. The molecule has 3 nitrogen and oxygen atoms in total. The van der Waals surface area contributed by atoms with E-state index in [1.54, 1.807) is 18.2 Å². The molecule has 2 rings (SSSR count). The molecule has 1 aromatic heterocycles. The Hall–Kier alpha value is -2.49. The quantitative estimate of drug-likeness (QED) is 0.470. The summed E-state index contributed by atoms with van der Waals surface area (Å²) in [5.41, 5.74) is 0.785. The second-order valence-corrected chi connectivity index (χ2v) is 3.85. The third kappa shape index (κ3) is 3.04. The molecule has 0 aliphatic carbocycles. The van der Waals surface area contributed by atoms with Crippen LogP contribution >= 0.6 is 0 Å². The number of furan rings is 1. The summed E-state index contributed by atoms with van der Waals surface area (Å²) in [7, 11) is 0. The fourth-order valence-corrected chi connectivity index (χ4v) is 1.70. The van der Waals surface area contributed by atoms with Gasteiger partial charge < -0.3 is 9.21 Å². The minimum Gasteiger partial charge on any atom is -0.461 e. The van der Waals surface area contributed by atoms with Crippen molar-refractivity contribution in [3.63, 3.8) is 0 Å². The molecule has 0 aliphatic heterocycles. The van der Waals surface area contributed by atoms with Gasteiger partial charge in [0.25, 0.3) is 0 Å². The number of hydrogen-bond acceptors (Lipinski definition) is 3.